The van der Waals surface area contributed by atoms with Crippen LogP contribution < -0.4 is 5.32 Å². The lowest BCUT2D eigenvalue weighted by Gasteiger charge is -2.07. The molecule has 1 aromatic heterocycles. The molecule has 5 nitrogen and oxygen atoms in total. The Kier molecular flexibility index (Phi) is 3.95. The number of hydrogen-bond acceptors (Lipinski definition) is 3. The van der Waals surface area contributed by atoms with Gasteiger partial charge in [0.2, 0.25) is 0 Å². The predicted octanol–water partition coefficient (Wildman–Crippen LogP) is 2.82. The molecule has 2 rings (SSSR count). The number of carboxylic acid groups (broad SMARTS) is 1. The minimum absolute atomic E-state index is 0.0469. The lowest BCUT2D eigenvalue weighted by Crippen LogP contribution is -2.15. The summed E-state index contributed by atoms with van der Waals surface area (Å²) in [5, 5.41) is 11.1. The molecular weight excluding hydrogens is 287 g/mol. The lowest BCUT2D eigenvalue weighted by atomic mass is 10.2. The summed E-state index contributed by atoms with van der Waals surface area (Å²) in [6.07, 6.45) is 1.04. The summed E-state index contributed by atoms with van der Waals surface area (Å²) in [5.41, 5.74) is -0.247. The van der Waals surface area contributed by atoms with Gasteiger partial charge in [-0.3, -0.25) is 9.78 Å². The maximum atomic E-state index is 13.5. The molecular formula is C13H8ClFN2O3. The third-order valence-corrected chi connectivity index (χ3v) is 2.76. The van der Waals surface area contributed by atoms with Crippen molar-refractivity contribution in [3.63, 3.8) is 0 Å². The summed E-state index contributed by atoms with van der Waals surface area (Å²) in [6, 6.07) is 6.46. The highest BCUT2D eigenvalue weighted by Crippen LogP contribution is 2.24. The molecule has 20 heavy (non-hydrogen) atoms. The first-order valence-electron chi connectivity index (χ1n) is 5.44. The third-order valence-electron chi connectivity index (χ3n) is 2.44. The fourth-order valence-corrected chi connectivity index (χ4v) is 1.66. The molecule has 2 N–H and O–H groups in total. The molecule has 2 aromatic rings. The van der Waals surface area contributed by atoms with Gasteiger partial charge < -0.3 is 10.4 Å². The van der Waals surface area contributed by atoms with Gasteiger partial charge >= 0.3 is 5.97 Å². The van der Waals surface area contributed by atoms with E-state index in [1.165, 1.54) is 24.3 Å². The van der Waals surface area contributed by atoms with Crippen molar-refractivity contribution in [2.75, 3.05) is 5.32 Å². The minimum atomic E-state index is -1.15. The highest BCUT2D eigenvalue weighted by molar-refractivity contribution is 6.33. The highest BCUT2D eigenvalue weighted by atomic mass is 35.5. The van der Waals surface area contributed by atoms with E-state index in [4.69, 9.17) is 16.7 Å². The number of carbonyl (C=O) groups is 2. The number of nitrogens with zero attached hydrogens (tertiary/aromatic N) is 1. The van der Waals surface area contributed by atoms with Gasteiger partial charge in [0.25, 0.3) is 5.91 Å². The second-order valence-electron chi connectivity index (χ2n) is 3.79. The van der Waals surface area contributed by atoms with E-state index in [9.17, 15) is 14.0 Å². The van der Waals surface area contributed by atoms with Crippen molar-refractivity contribution in [1.29, 1.82) is 0 Å². The fourth-order valence-electron chi connectivity index (χ4n) is 1.45. The molecule has 0 spiro atoms. The zero-order chi connectivity index (χ0) is 14.7. The number of carboxylic acids is 1. The Morgan fingerprint density at radius 1 is 1.25 bits per heavy atom. The molecule has 0 aliphatic rings. The number of pyridine rings is 1. The number of benzene rings is 1. The molecule has 0 radical (unpaired) electrons. The summed E-state index contributed by atoms with van der Waals surface area (Å²) in [4.78, 5) is 26.2. The number of rotatable bonds is 3. The van der Waals surface area contributed by atoms with Crippen molar-refractivity contribution in [3.05, 3.63) is 58.6 Å². The fraction of sp³-hybridized carbons (Fsp3) is 0. The van der Waals surface area contributed by atoms with E-state index in [-0.39, 0.29) is 22.0 Å². The van der Waals surface area contributed by atoms with E-state index in [1.54, 1.807) is 0 Å². The van der Waals surface area contributed by atoms with E-state index in [1.807, 2.05) is 0 Å². The van der Waals surface area contributed by atoms with Crippen LogP contribution in [0.3, 0.4) is 0 Å². The smallest absolute Gasteiger partial charge is 0.337 e. The van der Waals surface area contributed by atoms with Crippen LogP contribution in [0, 0.1) is 5.82 Å². The topological polar surface area (TPSA) is 79.3 Å². The van der Waals surface area contributed by atoms with Crippen LogP contribution >= 0.6 is 11.6 Å². The Morgan fingerprint density at radius 3 is 2.55 bits per heavy atom. The molecule has 0 unspecified atom stereocenters. The summed E-state index contributed by atoms with van der Waals surface area (Å²) in [7, 11) is 0. The van der Waals surface area contributed by atoms with Crippen molar-refractivity contribution in [2.24, 2.45) is 0 Å². The maximum Gasteiger partial charge on any atom is 0.337 e. The SMILES string of the molecule is O=C(O)c1ccc(C(=O)Nc2c(F)cccc2Cl)nc1. The Bertz CT molecular complexity index is 654. The largest absolute Gasteiger partial charge is 0.478 e. The quantitative estimate of drug-likeness (QED) is 0.912. The Labute approximate surface area is 118 Å². The molecule has 0 saturated heterocycles. The van der Waals surface area contributed by atoms with Crippen molar-refractivity contribution in [3.8, 4) is 0 Å². The van der Waals surface area contributed by atoms with Gasteiger partial charge in [-0.2, -0.15) is 0 Å². The number of amides is 1. The zero-order valence-electron chi connectivity index (χ0n) is 9.93. The average molecular weight is 295 g/mol. The maximum absolute atomic E-state index is 13.5. The van der Waals surface area contributed by atoms with Crippen LogP contribution in [0.2, 0.25) is 5.02 Å². The van der Waals surface area contributed by atoms with Gasteiger partial charge in [0, 0.05) is 6.20 Å². The van der Waals surface area contributed by atoms with Crippen LogP contribution in [0.1, 0.15) is 20.8 Å². The van der Waals surface area contributed by atoms with E-state index in [0.717, 1.165) is 12.3 Å². The second kappa shape index (κ2) is 5.66. The van der Waals surface area contributed by atoms with Crippen LogP contribution in [0.4, 0.5) is 10.1 Å². The minimum Gasteiger partial charge on any atom is -0.478 e. The van der Waals surface area contributed by atoms with Crippen molar-refractivity contribution >= 4 is 29.2 Å². The van der Waals surface area contributed by atoms with Crippen LogP contribution in [0.25, 0.3) is 0 Å². The number of nitrogens with one attached hydrogen (secondary N) is 1. The molecule has 0 atom stereocenters. The molecule has 102 valence electrons. The van der Waals surface area contributed by atoms with E-state index in [0.29, 0.717) is 0 Å². The first kappa shape index (κ1) is 14.0. The molecule has 1 amide bonds. The van der Waals surface area contributed by atoms with Crippen molar-refractivity contribution < 1.29 is 19.1 Å². The summed E-state index contributed by atoms with van der Waals surface area (Å²) < 4.78 is 13.5. The molecule has 1 aromatic carbocycles. The zero-order valence-corrected chi connectivity index (χ0v) is 10.7. The van der Waals surface area contributed by atoms with Gasteiger partial charge in [-0.25, -0.2) is 9.18 Å². The second-order valence-corrected chi connectivity index (χ2v) is 4.20. The third kappa shape index (κ3) is 2.92. The number of hydrogen-bond donors (Lipinski definition) is 2. The van der Waals surface area contributed by atoms with Crippen LogP contribution in [-0.4, -0.2) is 22.0 Å². The van der Waals surface area contributed by atoms with Crippen LogP contribution in [-0.2, 0) is 0 Å². The summed E-state index contributed by atoms with van der Waals surface area (Å²) in [6.45, 7) is 0. The monoisotopic (exact) mass is 294 g/mol. The van der Waals surface area contributed by atoms with E-state index < -0.39 is 17.7 Å². The molecule has 7 heteroatoms. The van der Waals surface area contributed by atoms with Gasteiger partial charge in [0.1, 0.15) is 11.5 Å². The Hall–Kier alpha value is -2.47. The Balaban J connectivity index is 2.22. The van der Waals surface area contributed by atoms with Gasteiger partial charge in [-0.15, -0.1) is 0 Å². The number of anilines is 1. The van der Waals surface area contributed by atoms with Gasteiger partial charge in [0.05, 0.1) is 16.3 Å². The number of aromatic carboxylic acids is 1. The Morgan fingerprint density at radius 2 is 2.00 bits per heavy atom. The molecule has 1 heterocycles. The van der Waals surface area contributed by atoms with Crippen LogP contribution in [0.15, 0.2) is 36.5 Å². The summed E-state index contributed by atoms with van der Waals surface area (Å²) >= 11 is 5.78. The van der Waals surface area contributed by atoms with Gasteiger partial charge in [0.15, 0.2) is 0 Å². The lowest BCUT2D eigenvalue weighted by molar-refractivity contribution is 0.0696. The normalized spacial score (nSPS) is 10.1. The number of halogens is 2. The first-order valence-corrected chi connectivity index (χ1v) is 5.81. The molecule has 0 aliphatic carbocycles. The standard InChI is InChI=1S/C13H8ClFN2O3/c14-8-2-1-3-9(15)11(8)17-12(18)10-5-4-7(6-16-10)13(19)20/h1-6H,(H,17,18)(H,19,20). The molecule has 0 bridgehead atoms. The van der Waals surface area contributed by atoms with Gasteiger partial charge in [-0.1, -0.05) is 17.7 Å². The number of para-hydroxylation sites is 1. The predicted molar refractivity (Wildman–Crippen MR) is 70.6 cm³/mol. The highest BCUT2D eigenvalue weighted by Gasteiger charge is 2.14. The average Bonchev–Trinajstić information content (AvgIpc) is 2.43. The first-order chi connectivity index (χ1) is 9.49. The van der Waals surface area contributed by atoms with Crippen molar-refractivity contribution in [2.45, 2.75) is 0 Å². The van der Waals surface area contributed by atoms with Crippen LogP contribution in [0.5, 0.6) is 0 Å². The molecule has 0 aliphatic heterocycles. The van der Waals surface area contributed by atoms with E-state index in [2.05, 4.69) is 10.3 Å². The molecule has 0 fully saturated rings. The molecule has 0 saturated carbocycles. The van der Waals surface area contributed by atoms with Gasteiger partial charge in [-0.05, 0) is 24.3 Å². The van der Waals surface area contributed by atoms with Crippen molar-refractivity contribution in [1.82, 2.24) is 4.98 Å². The summed E-state index contributed by atoms with van der Waals surface area (Å²) in [5.74, 6) is -2.51. The number of aromatic nitrogens is 1. The van der Waals surface area contributed by atoms with E-state index >= 15 is 0 Å². The number of carbonyl (C=O) groups excluding carboxylic acids is 1.